The third kappa shape index (κ3) is 4.73. The highest BCUT2D eigenvalue weighted by Gasteiger charge is 2.28. The molecule has 25 heavy (non-hydrogen) atoms. The summed E-state index contributed by atoms with van der Waals surface area (Å²) in [5.41, 5.74) is 2.56. The van der Waals surface area contributed by atoms with Gasteiger partial charge in [-0.15, -0.1) is 0 Å². The summed E-state index contributed by atoms with van der Waals surface area (Å²) in [6, 6.07) is 0. The van der Waals surface area contributed by atoms with E-state index in [-0.39, 0.29) is 17.5 Å². The van der Waals surface area contributed by atoms with Crippen molar-refractivity contribution in [2.75, 3.05) is 20.0 Å². The van der Waals surface area contributed by atoms with Gasteiger partial charge in [-0.2, -0.15) is 0 Å². The number of allylic oxidation sites excluding steroid dienone is 2. The van der Waals surface area contributed by atoms with Crippen LogP contribution in [0.5, 0.6) is 5.95 Å². The maximum absolute atomic E-state index is 12.3. The maximum Gasteiger partial charge on any atom is 0.291 e. The van der Waals surface area contributed by atoms with Crippen LogP contribution in [0.2, 0.25) is 0 Å². The first kappa shape index (κ1) is 19.3. The molecule has 138 valence electrons. The zero-order valence-electron chi connectivity index (χ0n) is 15.0. The third-order valence-electron chi connectivity index (χ3n) is 3.89. The largest absolute Gasteiger partial charge is 0.468 e. The minimum absolute atomic E-state index is 0.118. The van der Waals surface area contributed by atoms with E-state index in [9.17, 15) is 13.2 Å². The average molecular weight is 369 g/mol. The van der Waals surface area contributed by atoms with E-state index in [1.54, 1.807) is 20.8 Å². The molecule has 2 heterocycles. The van der Waals surface area contributed by atoms with Gasteiger partial charge >= 0.3 is 0 Å². The molecule has 1 aliphatic heterocycles. The SMILES string of the molecule is COc1oc([C@H]2C/C(=C/C(C)=C/NS(C)(=O)=O)CO2)c(C)c(=O)c1C. The summed E-state index contributed by atoms with van der Waals surface area (Å²) in [6.07, 6.45) is 4.56. The Morgan fingerprint density at radius 2 is 2.00 bits per heavy atom. The van der Waals surface area contributed by atoms with Gasteiger partial charge in [0.25, 0.3) is 5.95 Å². The zero-order valence-corrected chi connectivity index (χ0v) is 15.8. The molecule has 0 unspecified atom stereocenters. The van der Waals surface area contributed by atoms with Crippen molar-refractivity contribution in [1.82, 2.24) is 4.72 Å². The molecule has 8 heteroatoms. The quantitative estimate of drug-likeness (QED) is 0.854. The lowest BCUT2D eigenvalue weighted by molar-refractivity contribution is 0.0880. The lowest BCUT2D eigenvalue weighted by Crippen LogP contribution is -2.15. The Morgan fingerprint density at radius 1 is 1.32 bits per heavy atom. The molecule has 0 aliphatic carbocycles. The van der Waals surface area contributed by atoms with Crippen molar-refractivity contribution in [3.05, 3.63) is 50.5 Å². The number of sulfonamides is 1. The normalized spacial score (nSPS) is 20.1. The minimum atomic E-state index is -3.28. The van der Waals surface area contributed by atoms with E-state index in [1.165, 1.54) is 13.3 Å². The molecule has 0 spiro atoms. The summed E-state index contributed by atoms with van der Waals surface area (Å²) < 4.78 is 41.1. The topological polar surface area (TPSA) is 94.8 Å². The van der Waals surface area contributed by atoms with E-state index >= 15 is 0 Å². The smallest absolute Gasteiger partial charge is 0.291 e. The van der Waals surface area contributed by atoms with Gasteiger partial charge in [0.2, 0.25) is 10.0 Å². The van der Waals surface area contributed by atoms with Gasteiger partial charge < -0.3 is 13.9 Å². The number of hydrogen-bond donors (Lipinski definition) is 1. The summed E-state index contributed by atoms with van der Waals surface area (Å²) in [7, 11) is -1.83. The molecule has 1 fully saturated rings. The molecule has 0 bridgehead atoms. The number of hydrogen-bond acceptors (Lipinski definition) is 6. The average Bonchev–Trinajstić information content (AvgIpc) is 2.98. The first-order valence-corrected chi connectivity index (χ1v) is 9.64. The van der Waals surface area contributed by atoms with Gasteiger partial charge in [-0.3, -0.25) is 9.52 Å². The summed E-state index contributed by atoms with van der Waals surface area (Å²) >= 11 is 0. The number of ether oxygens (including phenoxy) is 2. The van der Waals surface area contributed by atoms with Crippen LogP contribution in [-0.4, -0.2) is 28.4 Å². The second-order valence-corrected chi connectivity index (χ2v) is 7.90. The molecule has 1 aliphatic rings. The van der Waals surface area contributed by atoms with Crippen molar-refractivity contribution in [2.24, 2.45) is 0 Å². The lowest BCUT2D eigenvalue weighted by atomic mass is 10.0. The predicted octanol–water partition coefficient (Wildman–Crippen LogP) is 2.11. The Morgan fingerprint density at radius 3 is 2.60 bits per heavy atom. The van der Waals surface area contributed by atoms with E-state index in [1.807, 2.05) is 6.08 Å². The summed E-state index contributed by atoms with van der Waals surface area (Å²) in [6.45, 7) is 5.54. The van der Waals surface area contributed by atoms with Crippen molar-refractivity contribution >= 4 is 10.0 Å². The van der Waals surface area contributed by atoms with Gasteiger partial charge in [-0.05, 0) is 31.9 Å². The molecular weight excluding hydrogens is 346 g/mol. The molecule has 0 amide bonds. The fourth-order valence-corrected chi connectivity index (χ4v) is 3.04. The highest BCUT2D eigenvalue weighted by Crippen LogP contribution is 2.35. The van der Waals surface area contributed by atoms with Crippen LogP contribution < -0.4 is 14.9 Å². The van der Waals surface area contributed by atoms with Crippen molar-refractivity contribution in [2.45, 2.75) is 33.3 Å². The molecule has 0 radical (unpaired) electrons. The van der Waals surface area contributed by atoms with Crippen molar-refractivity contribution < 1.29 is 22.3 Å². The van der Waals surface area contributed by atoms with Gasteiger partial charge in [0, 0.05) is 18.2 Å². The molecular formula is C17H23NO6S. The second-order valence-electron chi connectivity index (χ2n) is 6.12. The zero-order chi connectivity index (χ0) is 18.8. The van der Waals surface area contributed by atoms with Crippen LogP contribution in [-0.2, 0) is 14.8 Å². The van der Waals surface area contributed by atoms with E-state index in [2.05, 4.69) is 4.72 Å². The first-order chi connectivity index (χ1) is 11.6. The second kappa shape index (κ2) is 7.45. The third-order valence-corrected chi connectivity index (χ3v) is 4.43. The highest BCUT2D eigenvalue weighted by molar-refractivity contribution is 7.88. The molecule has 1 N–H and O–H groups in total. The Kier molecular flexibility index (Phi) is 5.74. The van der Waals surface area contributed by atoms with Gasteiger partial charge in [0.15, 0.2) is 5.43 Å². The summed E-state index contributed by atoms with van der Waals surface area (Å²) in [5.74, 6) is 0.659. The van der Waals surface area contributed by atoms with Gasteiger partial charge in [-0.1, -0.05) is 6.08 Å². The summed E-state index contributed by atoms with van der Waals surface area (Å²) in [4.78, 5) is 12.3. The standard InChI is InChI=1S/C17H23NO6S/c1-10(8-18-25(5,20)21)6-13-7-14(23-9-13)16-11(2)15(19)12(3)17(22-4)24-16/h6,8,14,18H,7,9H2,1-5H3/b10-8+,13-6-/t14-/m1/s1. The van der Waals surface area contributed by atoms with Crippen LogP contribution in [0.1, 0.15) is 36.3 Å². The molecule has 1 aromatic rings. The van der Waals surface area contributed by atoms with Crippen LogP contribution in [0.4, 0.5) is 0 Å². The van der Waals surface area contributed by atoms with Crippen LogP contribution in [0.15, 0.2) is 32.6 Å². The number of rotatable bonds is 5. The molecule has 1 saturated heterocycles. The molecule has 7 nitrogen and oxygen atoms in total. The monoisotopic (exact) mass is 369 g/mol. The minimum Gasteiger partial charge on any atom is -0.468 e. The van der Waals surface area contributed by atoms with Crippen LogP contribution in [0, 0.1) is 13.8 Å². The Labute approximate surface area is 147 Å². The fourth-order valence-electron chi connectivity index (χ4n) is 2.64. The van der Waals surface area contributed by atoms with E-state index in [4.69, 9.17) is 13.9 Å². The maximum atomic E-state index is 12.3. The number of nitrogens with one attached hydrogen (secondary N) is 1. The molecule has 0 aromatic carbocycles. The Balaban J connectivity index is 2.22. The molecule has 1 atom stereocenters. The van der Waals surface area contributed by atoms with Crippen molar-refractivity contribution in [3.8, 4) is 5.95 Å². The Hall–Kier alpha value is -2.06. The number of methoxy groups -OCH3 is 1. The van der Waals surface area contributed by atoms with E-state index in [0.717, 1.165) is 17.4 Å². The molecule has 0 saturated carbocycles. The van der Waals surface area contributed by atoms with Crippen LogP contribution in [0.25, 0.3) is 0 Å². The van der Waals surface area contributed by atoms with Gasteiger partial charge in [0.1, 0.15) is 11.9 Å². The van der Waals surface area contributed by atoms with Crippen LogP contribution in [0.3, 0.4) is 0 Å². The Bertz CT molecular complexity index is 879. The molecule has 1 aromatic heterocycles. The van der Waals surface area contributed by atoms with E-state index < -0.39 is 10.0 Å². The first-order valence-electron chi connectivity index (χ1n) is 7.75. The van der Waals surface area contributed by atoms with Crippen LogP contribution >= 0.6 is 0 Å². The van der Waals surface area contributed by atoms with E-state index in [0.29, 0.717) is 29.9 Å². The van der Waals surface area contributed by atoms with Gasteiger partial charge in [0.05, 0.1) is 25.5 Å². The fraction of sp³-hybridized carbons (Fsp3) is 0.471. The predicted molar refractivity (Wildman–Crippen MR) is 94.1 cm³/mol. The summed E-state index contributed by atoms with van der Waals surface area (Å²) in [5, 5.41) is 0. The highest BCUT2D eigenvalue weighted by atomic mass is 32.2. The molecule has 2 rings (SSSR count). The lowest BCUT2D eigenvalue weighted by Gasteiger charge is -2.13. The van der Waals surface area contributed by atoms with Crippen molar-refractivity contribution in [1.29, 1.82) is 0 Å². The van der Waals surface area contributed by atoms with Gasteiger partial charge in [-0.25, -0.2) is 8.42 Å². The van der Waals surface area contributed by atoms with Crippen molar-refractivity contribution in [3.63, 3.8) is 0 Å².